The second-order valence-corrected chi connectivity index (χ2v) is 6.35. The first-order valence-electron chi connectivity index (χ1n) is 7.59. The van der Waals surface area contributed by atoms with E-state index in [0.29, 0.717) is 5.92 Å². The first kappa shape index (κ1) is 16.1. The Kier molecular flexibility index (Phi) is 6.33. The molecule has 1 aromatic carbocycles. The van der Waals surface area contributed by atoms with Crippen LogP contribution in [0.3, 0.4) is 0 Å². The molecule has 1 aromatic heterocycles. The summed E-state index contributed by atoms with van der Waals surface area (Å²) in [6, 6.07) is 7.14. The van der Waals surface area contributed by atoms with Gasteiger partial charge in [0.05, 0.1) is 5.01 Å². The van der Waals surface area contributed by atoms with Crippen LogP contribution >= 0.6 is 11.3 Å². The number of aromatic nitrogens is 1. The summed E-state index contributed by atoms with van der Waals surface area (Å²) in [7, 11) is 0. The second-order valence-electron chi connectivity index (χ2n) is 5.43. The Balaban J connectivity index is 1.97. The van der Waals surface area contributed by atoms with Crippen molar-refractivity contribution in [2.75, 3.05) is 6.54 Å². The molecular weight excluding hydrogens is 283 g/mol. The van der Waals surface area contributed by atoms with E-state index >= 15 is 0 Å². The third kappa shape index (κ3) is 4.90. The van der Waals surface area contributed by atoms with Crippen molar-refractivity contribution in [1.29, 1.82) is 0 Å². The molecule has 0 bridgehead atoms. The van der Waals surface area contributed by atoms with Crippen molar-refractivity contribution < 1.29 is 4.39 Å². The van der Waals surface area contributed by atoms with Gasteiger partial charge < -0.3 is 5.32 Å². The van der Waals surface area contributed by atoms with Crippen LogP contribution in [0, 0.1) is 5.82 Å². The first-order valence-corrected chi connectivity index (χ1v) is 8.47. The summed E-state index contributed by atoms with van der Waals surface area (Å²) in [6.45, 7) is 5.27. The highest BCUT2D eigenvalue weighted by atomic mass is 32.1. The minimum Gasteiger partial charge on any atom is -0.309 e. The molecule has 0 radical (unpaired) electrons. The largest absolute Gasteiger partial charge is 0.309 e. The van der Waals surface area contributed by atoms with Crippen LogP contribution in [-0.4, -0.2) is 11.5 Å². The molecule has 0 saturated carbocycles. The molecule has 0 fully saturated rings. The van der Waals surface area contributed by atoms with Gasteiger partial charge in [-0.1, -0.05) is 38.8 Å². The number of unbranched alkanes of at least 4 members (excludes halogenated alkanes) is 1. The molecule has 21 heavy (non-hydrogen) atoms. The molecule has 1 N–H and O–H groups in total. The van der Waals surface area contributed by atoms with E-state index < -0.39 is 0 Å². The van der Waals surface area contributed by atoms with Gasteiger partial charge in [-0.3, -0.25) is 0 Å². The predicted molar refractivity (Wildman–Crippen MR) is 87.2 cm³/mol. The van der Waals surface area contributed by atoms with Crippen LogP contribution in [0.15, 0.2) is 35.8 Å². The number of rotatable bonds is 8. The van der Waals surface area contributed by atoms with E-state index in [9.17, 15) is 4.39 Å². The maximum atomic E-state index is 13.1. The second kappa shape index (κ2) is 8.25. The van der Waals surface area contributed by atoms with Crippen LogP contribution in [0.5, 0.6) is 0 Å². The van der Waals surface area contributed by atoms with E-state index in [0.717, 1.165) is 23.5 Å². The number of nitrogens with one attached hydrogen (secondary N) is 1. The van der Waals surface area contributed by atoms with Gasteiger partial charge >= 0.3 is 0 Å². The van der Waals surface area contributed by atoms with Crippen LogP contribution in [0.4, 0.5) is 4.39 Å². The number of hydrogen-bond donors (Lipinski definition) is 1. The highest BCUT2D eigenvalue weighted by Crippen LogP contribution is 2.22. The normalized spacial score (nSPS) is 14.0. The zero-order chi connectivity index (χ0) is 15.1. The number of halogens is 1. The van der Waals surface area contributed by atoms with E-state index in [1.165, 1.54) is 12.8 Å². The molecule has 0 aliphatic carbocycles. The molecule has 2 unspecified atom stereocenters. The zero-order valence-corrected chi connectivity index (χ0v) is 13.5. The van der Waals surface area contributed by atoms with Crippen LogP contribution in [-0.2, 0) is 0 Å². The lowest BCUT2D eigenvalue weighted by Gasteiger charge is -2.21. The highest BCUT2D eigenvalue weighted by molar-refractivity contribution is 7.09. The van der Waals surface area contributed by atoms with Crippen LogP contribution in [0.25, 0.3) is 0 Å². The number of hydrogen-bond acceptors (Lipinski definition) is 3. The lowest BCUT2D eigenvalue weighted by molar-refractivity contribution is 0.463. The molecule has 4 heteroatoms. The maximum absolute atomic E-state index is 13.1. The van der Waals surface area contributed by atoms with Gasteiger partial charge in [0.15, 0.2) is 0 Å². The molecule has 1 heterocycles. The van der Waals surface area contributed by atoms with Crippen molar-refractivity contribution in [3.05, 3.63) is 52.2 Å². The van der Waals surface area contributed by atoms with E-state index in [1.807, 2.05) is 23.7 Å². The Hall–Kier alpha value is -1.26. The minimum atomic E-state index is -0.177. The van der Waals surface area contributed by atoms with Crippen LogP contribution in [0.1, 0.15) is 55.6 Å². The van der Waals surface area contributed by atoms with E-state index in [1.54, 1.807) is 23.5 Å². The highest BCUT2D eigenvalue weighted by Gasteiger charge is 2.14. The van der Waals surface area contributed by atoms with Gasteiger partial charge in [0.2, 0.25) is 0 Å². The average Bonchev–Trinajstić information content (AvgIpc) is 3.03. The lowest BCUT2D eigenvalue weighted by atomic mass is 10.0. The number of benzene rings is 1. The summed E-state index contributed by atoms with van der Waals surface area (Å²) in [4.78, 5) is 4.37. The molecule has 2 aromatic rings. The van der Waals surface area contributed by atoms with Gasteiger partial charge in [-0.2, -0.15) is 0 Å². The van der Waals surface area contributed by atoms with E-state index in [2.05, 4.69) is 24.1 Å². The van der Waals surface area contributed by atoms with Crippen molar-refractivity contribution in [2.45, 2.75) is 45.1 Å². The molecule has 2 nitrogen and oxygen atoms in total. The van der Waals surface area contributed by atoms with Crippen LogP contribution < -0.4 is 5.32 Å². The molecule has 0 aliphatic heterocycles. The van der Waals surface area contributed by atoms with Crippen molar-refractivity contribution in [2.24, 2.45) is 0 Å². The SMILES string of the molecule is CCCCC(NCC(C)c1nccs1)c1ccc(F)cc1. The molecule has 0 aliphatic rings. The van der Waals surface area contributed by atoms with Crippen molar-refractivity contribution in [3.63, 3.8) is 0 Å². The molecular formula is C17H23FN2S. The Morgan fingerprint density at radius 3 is 2.67 bits per heavy atom. The van der Waals surface area contributed by atoms with Crippen molar-refractivity contribution in [3.8, 4) is 0 Å². The first-order chi connectivity index (χ1) is 10.2. The Labute approximate surface area is 130 Å². The molecule has 2 rings (SSSR count). The van der Waals surface area contributed by atoms with Gasteiger partial charge in [-0.25, -0.2) is 9.37 Å². The minimum absolute atomic E-state index is 0.177. The summed E-state index contributed by atoms with van der Waals surface area (Å²) < 4.78 is 13.1. The monoisotopic (exact) mass is 306 g/mol. The maximum Gasteiger partial charge on any atom is 0.123 e. The number of thiazole rings is 1. The molecule has 0 saturated heterocycles. The topological polar surface area (TPSA) is 24.9 Å². The summed E-state index contributed by atoms with van der Waals surface area (Å²) in [5.74, 6) is 0.221. The lowest BCUT2D eigenvalue weighted by Crippen LogP contribution is -2.25. The zero-order valence-electron chi connectivity index (χ0n) is 12.7. The molecule has 0 amide bonds. The van der Waals surface area contributed by atoms with E-state index in [-0.39, 0.29) is 11.9 Å². The van der Waals surface area contributed by atoms with Gasteiger partial charge in [0, 0.05) is 30.1 Å². The fraction of sp³-hybridized carbons (Fsp3) is 0.471. The van der Waals surface area contributed by atoms with Gasteiger partial charge in [0.25, 0.3) is 0 Å². The fourth-order valence-corrected chi connectivity index (χ4v) is 3.07. The summed E-state index contributed by atoms with van der Waals surface area (Å²) in [5.41, 5.74) is 1.16. The molecule has 2 atom stereocenters. The number of nitrogens with zero attached hydrogens (tertiary/aromatic N) is 1. The Morgan fingerprint density at radius 2 is 2.05 bits per heavy atom. The van der Waals surface area contributed by atoms with Crippen molar-refractivity contribution in [1.82, 2.24) is 10.3 Å². The molecule has 0 spiro atoms. The smallest absolute Gasteiger partial charge is 0.123 e. The summed E-state index contributed by atoms with van der Waals surface area (Å²) in [6.07, 6.45) is 5.26. The summed E-state index contributed by atoms with van der Waals surface area (Å²) >= 11 is 1.70. The summed E-state index contributed by atoms with van der Waals surface area (Å²) in [5, 5.41) is 6.80. The third-order valence-electron chi connectivity index (χ3n) is 3.66. The van der Waals surface area contributed by atoms with Crippen molar-refractivity contribution >= 4 is 11.3 Å². The van der Waals surface area contributed by atoms with E-state index in [4.69, 9.17) is 0 Å². The Bertz CT molecular complexity index is 510. The predicted octanol–water partition coefficient (Wildman–Crippen LogP) is 4.91. The quantitative estimate of drug-likeness (QED) is 0.750. The average molecular weight is 306 g/mol. The van der Waals surface area contributed by atoms with Gasteiger partial charge in [-0.05, 0) is 24.1 Å². The Morgan fingerprint density at radius 1 is 1.29 bits per heavy atom. The fourth-order valence-electron chi connectivity index (χ4n) is 2.37. The van der Waals surface area contributed by atoms with Gasteiger partial charge in [0.1, 0.15) is 5.82 Å². The molecule has 114 valence electrons. The standard InChI is InChI=1S/C17H23FN2S/c1-3-4-5-16(14-6-8-15(18)9-7-14)20-12-13(2)17-19-10-11-21-17/h6-11,13,16,20H,3-5,12H2,1-2H3. The van der Waals surface area contributed by atoms with Crippen LogP contribution in [0.2, 0.25) is 0 Å². The van der Waals surface area contributed by atoms with Gasteiger partial charge in [-0.15, -0.1) is 11.3 Å². The third-order valence-corrected chi connectivity index (χ3v) is 4.67.